The number of fused-ring (bicyclic) bond motifs is 1. The van der Waals surface area contributed by atoms with E-state index in [-0.39, 0.29) is 5.97 Å². The normalized spacial score (nSPS) is 16.5. The van der Waals surface area contributed by atoms with Crippen molar-refractivity contribution >= 4 is 28.3 Å². The number of thiophene rings is 1. The average molecular weight is 298 g/mol. The number of anilines is 1. The van der Waals surface area contributed by atoms with Crippen molar-refractivity contribution < 1.29 is 19.4 Å². The molecule has 1 aliphatic heterocycles. The van der Waals surface area contributed by atoms with E-state index >= 15 is 0 Å². The average Bonchev–Trinajstić information content (AvgIpc) is 2.72. The molecular weight excluding hydrogens is 280 g/mol. The monoisotopic (exact) mass is 298 g/mol. The van der Waals surface area contributed by atoms with E-state index in [1.54, 1.807) is 13.8 Å². The number of aliphatic carboxylic acids is 1. The van der Waals surface area contributed by atoms with Crippen LogP contribution in [0.15, 0.2) is 0 Å². The Balaban J connectivity index is 2.25. The molecular formula is C13H18N2O4S. The van der Waals surface area contributed by atoms with Crippen LogP contribution >= 0.6 is 11.3 Å². The number of ether oxygens (including phenoxy) is 1. The fourth-order valence-corrected chi connectivity index (χ4v) is 3.49. The molecule has 20 heavy (non-hydrogen) atoms. The Kier molecular flexibility index (Phi) is 4.29. The van der Waals surface area contributed by atoms with Crippen molar-refractivity contribution in [3.63, 3.8) is 0 Å². The van der Waals surface area contributed by atoms with Crippen molar-refractivity contribution in [3.05, 3.63) is 16.0 Å². The second-order valence-electron chi connectivity index (χ2n) is 4.70. The number of nitrogen functional groups attached to an aromatic ring is 1. The van der Waals surface area contributed by atoms with Gasteiger partial charge in [0.05, 0.1) is 12.2 Å². The molecule has 6 nitrogen and oxygen atoms in total. The van der Waals surface area contributed by atoms with Gasteiger partial charge in [0.1, 0.15) is 11.0 Å². The summed E-state index contributed by atoms with van der Waals surface area (Å²) < 4.78 is 5.03. The van der Waals surface area contributed by atoms with Crippen molar-refractivity contribution in [2.24, 2.45) is 0 Å². The molecule has 0 spiro atoms. The van der Waals surface area contributed by atoms with Gasteiger partial charge in [0, 0.05) is 18.0 Å². The van der Waals surface area contributed by atoms with Gasteiger partial charge in [-0.1, -0.05) is 0 Å². The van der Waals surface area contributed by atoms with Crippen LogP contribution in [-0.2, 0) is 22.5 Å². The van der Waals surface area contributed by atoms with E-state index in [4.69, 9.17) is 15.6 Å². The summed E-state index contributed by atoms with van der Waals surface area (Å²) in [4.78, 5) is 25.8. The molecule has 2 heterocycles. The molecule has 1 aliphatic rings. The van der Waals surface area contributed by atoms with Gasteiger partial charge in [-0.2, -0.15) is 0 Å². The van der Waals surface area contributed by atoms with E-state index < -0.39 is 12.0 Å². The van der Waals surface area contributed by atoms with Gasteiger partial charge >= 0.3 is 11.9 Å². The van der Waals surface area contributed by atoms with Gasteiger partial charge in [0.15, 0.2) is 0 Å². The van der Waals surface area contributed by atoms with Crippen molar-refractivity contribution in [2.75, 3.05) is 18.9 Å². The maximum absolute atomic E-state index is 11.9. The van der Waals surface area contributed by atoms with Crippen LogP contribution in [0.25, 0.3) is 0 Å². The minimum absolute atomic E-state index is 0.311. The molecule has 1 aromatic rings. The first-order valence-electron chi connectivity index (χ1n) is 6.49. The fourth-order valence-electron chi connectivity index (χ4n) is 2.36. The topological polar surface area (TPSA) is 92.9 Å². The van der Waals surface area contributed by atoms with Crippen LogP contribution in [0.5, 0.6) is 0 Å². The summed E-state index contributed by atoms with van der Waals surface area (Å²) in [5.74, 6) is -1.23. The Morgan fingerprint density at radius 3 is 2.85 bits per heavy atom. The van der Waals surface area contributed by atoms with Crippen LogP contribution < -0.4 is 5.73 Å². The van der Waals surface area contributed by atoms with E-state index in [0.717, 1.165) is 10.4 Å². The number of carbonyl (C=O) groups is 2. The van der Waals surface area contributed by atoms with Gasteiger partial charge in [-0.05, 0) is 25.8 Å². The van der Waals surface area contributed by atoms with Gasteiger partial charge in [-0.3, -0.25) is 9.69 Å². The van der Waals surface area contributed by atoms with E-state index in [1.165, 1.54) is 11.3 Å². The van der Waals surface area contributed by atoms with Crippen LogP contribution in [-0.4, -0.2) is 41.1 Å². The second-order valence-corrected chi connectivity index (χ2v) is 5.83. The lowest BCUT2D eigenvalue weighted by atomic mass is 10.0. The van der Waals surface area contributed by atoms with Crippen LogP contribution in [0.1, 0.15) is 34.6 Å². The maximum atomic E-state index is 11.9. The predicted molar refractivity (Wildman–Crippen MR) is 75.9 cm³/mol. The molecule has 0 amide bonds. The first kappa shape index (κ1) is 14.8. The highest BCUT2D eigenvalue weighted by Crippen LogP contribution is 2.36. The highest BCUT2D eigenvalue weighted by Gasteiger charge is 2.31. The molecule has 0 saturated carbocycles. The molecule has 110 valence electrons. The first-order chi connectivity index (χ1) is 9.45. The molecule has 3 N–H and O–H groups in total. The number of carboxylic acid groups (broad SMARTS) is 1. The van der Waals surface area contributed by atoms with Crippen LogP contribution in [0.2, 0.25) is 0 Å². The minimum atomic E-state index is -0.844. The van der Waals surface area contributed by atoms with Gasteiger partial charge in [-0.15, -0.1) is 11.3 Å². The number of nitrogens with two attached hydrogens (primary N) is 1. The number of carboxylic acids is 1. The predicted octanol–water partition coefficient (Wildman–Crippen LogP) is 1.34. The van der Waals surface area contributed by atoms with Crippen LogP contribution in [0.4, 0.5) is 5.00 Å². The Bertz CT molecular complexity index is 541. The lowest BCUT2D eigenvalue weighted by molar-refractivity contribution is -0.142. The molecule has 0 aromatic carbocycles. The van der Waals surface area contributed by atoms with E-state index in [2.05, 4.69) is 0 Å². The summed E-state index contributed by atoms with van der Waals surface area (Å²) in [5.41, 5.74) is 7.30. The second kappa shape index (κ2) is 5.80. The minimum Gasteiger partial charge on any atom is -0.480 e. The molecule has 0 fully saturated rings. The third-order valence-electron chi connectivity index (χ3n) is 3.50. The third kappa shape index (κ3) is 2.64. The van der Waals surface area contributed by atoms with E-state index in [1.807, 2.05) is 4.90 Å². The molecule has 0 radical (unpaired) electrons. The molecule has 2 rings (SSSR count). The number of esters is 1. The largest absolute Gasteiger partial charge is 0.480 e. The highest BCUT2D eigenvalue weighted by atomic mass is 32.1. The molecule has 1 atom stereocenters. The van der Waals surface area contributed by atoms with Gasteiger partial charge < -0.3 is 15.6 Å². The first-order valence-corrected chi connectivity index (χ1v) is 7.31. The van der Waals surface area contributed by atoms with Gasteiger partial charge in [0.2, 0.25) is 0 Å². The number of hydrogen-bond donors (Lipinski definition) is 2. The third-order valence-corrected chi connectivity index (χ3v) is 4.54. The molecule has 0 saturated heterocycles. The summed E-state index contributed by atoms with van der Waals surface area (Å²) in [6.45, 7) is 4.84. The highest BCUT2D eigenvalue weighted by molar-refractivity contribution is 7.16. The number of rotatable bonds is 4. The number of hydrogen-bond acceptors (Lipinski definition) is 6. The SMILES string of the molecule is CCOC(=O)c1c(N)sc2c1CCN(C(C)C(=O)O)C2. The molecule has 0 aliphatic carbocycles. The summed E-state index contributed by atoms with van der Waals surface area (Å²) in [5, 5.41) is 9.52. The standard InChI is InChI=1S/C13H18N2O4S/c1-3-19-13(18)10-8-4-5-15(7(2)12(16)17)6-9(8)20-11(10)14/h7H,3-6,14H2,1-2H3,(H,16,17). The molecule has 1 aromatic heterocycles. The van der Waals surface area contributed by atoms with Crippen LogP contribution in [0, 0.1) is 0 Å². The number of nitrogens with zero attached hydrogens (tertiary/aromatic N) is 1. The van der Waals surface area contributed by atoms with Crippen molar-refractivity contribution in [1.82, 2.24) is 4.90 Å². The van der Waals surface area contributed by atoms with E-state index in [0.29, 0.717) is 36.7 Å². The summed E-state index contributed by atoms with van der Waals surface area (Å²) >= 11 is 1.35. The maximum Gasteiger partial charge on any atom is 0.341 e. The summed E-state index contributed by atoms with van der Waals surface area (Å²) in [7, 11) is 0. The van der Waals surface area contributed by atoms with Gasteiger partial charge in [0.25, 0.3) is 0 Å². The van der Waals surface area contributed by atoms with E-state index in [9.17, 15) is 9.59 Å². The van der Waals surface area contributed by atoms with Gasteiger partial charge in [-0.25, -0.2) is 4.79 Å². The summed E-state index contributed by atoms with van der Waals surface area (Å²) in [6.07, 6.45) is 0.620. The lowest BCUT2D eigenvalue weighted by Crippen LogP contribution is -2.41. The Morgan fingerprint density at radius 1 is 1.55 bits per heavy atom. The lowest BCUT2D eigenvalue weighted by Gasteiger charge is -2.30. The Labute approximate surface area is 121 Å². The quantitative estimate of drug-likeness (QED) is 0.815. The zero-order valence-electron chi connectivity index (χ0n) is 11.5. The Hall–Kier alpha value is -1.60. The molecule has 1 unspecified atom stereocenters. The van der Waals surface area contributed by atoms with Crippen LogP contribution in [0.3, 0.4) is 0 Å². The number of carbonyl (C=O) groups excluding carboxylic acids is 1. The zero-order valence-corrected chi connectivity index (χ0v) is 12.3. The molecule has 7 heteroatoms. The Morgan fingerprint density at radius 2 is 2.25 bits per heavy atom. The smallest absolute Gasteiger partial charge is 0.341 e. The molecule has 0 bridgehead atoms. The van der Waals surface area contributed by atoms with Crippen molar-refractivity contribution in [1.29, 1.82) is 0 Å². The zero-order chi connectivity index (χ0) is 14.9. The fraction of sp³-hybridized carbons (Fsp3) is 0.538. The van der Waals surface area contributed by atoms with Crippen molar-refractivity contribution in [2.45, 2.75) is 32.9 Å². The van der Waals surface area contributed by atoms with Crippen molar-refractivity contribution in [3.8, 4) is 0 Å². The summed E-state index contributed by atoms with van der Waals surface area (Å²) in [6, 6.07) is -0.544.